The van der Waals surface area contributed by atoms with Gasteiger partial charge in [0.2, 0.25) is 0 Å². The molecule has 16 heavy (non-hydrogen) atoms. The molecule has 0 spiro atoms. The smallest absolute Gasteiger partial charge is 0.0106 e. The van der Waals surface area contributed by atoms with Gasteiger partial charge < -0.3 is 0 Å². The van der Waals surface area contributed by atoms with Gasteiger partial charge in [0.25, 0.3) is 0 Å². The minimum absolute atomic E-state index is 1.08. The van der Waals surface area contributed by atoms with Crippen molar-refractivity contribution >= 4 is 16.8 Å². The van der Waals surface area contributed by atoms with Gasteiger partial charge in [-0.2, -0.15) is 0 Å². The molecule has 2 rings (SSSR count). The van der Waals surface area contributed by atoms with Crippen LogP contribution in [0, 0.1) is 13.8 Å². The van der Waals surface area contributed by atoms with E-state index in [0.29, 0.717) is 0 Å². The van der Waals surface area contributed by atoms with Crippen LogP contribution in [0.25, 0.3) is 16.8 Å². The van der Waals surface area contributed by atoms with Crippen molar-refractivity contribution in [1.82, 2.24) is 0 Å². The fourth-order valence-electron chi connectivity index (χ4n) is 2.21. The Hall–Kier alpha value is -1.56. The molecule has 0 heteroatoms. The van der Waals surface area contributed by atoms with Crippen LogP contribution in [-0.2, 0) is 0 Å². The van der Waals surface area contributed by atoms with Crippen LogP contribution in [0.5, 0.6) is 0 Å². The molecule has 0 atom stereocenters. The van der Waals surface area contributed by atoms with Crippen LogP contribution in [-0.4, -0.2) is 0 Å². The van der Waals surface area contributed by atoms with Crippen LogP contribution in [0.1, 0.15) is 30.0 Å². The number of benzene rings is 2. The van der Waals surface area contributed by atoms with E-state index in [0.717, 1.165) is 6.42 Å². The lowest BCUT2D eigenvalue weighted by molar-refractivity contribution is 1.23. The van der Waals surface area contributed by atoms with Crippen molar-refractivity contribution in [2.24, 2.45) is 0 Å². The van der Waals surface area contributed by atoms with Crippen LogP contribution in [0.3, 0.4) is 0 Å². The van der Waals surface area contributed by atoms with Crippen molar-refractivity contribution in [2.45, 2.75) is 27.2 Å². The highest BCUT2D eigenvalue weighted by molar-refractivity contribution is 5.94. The number of hydrogen-bond acceptors (Lipinski definition) is 0. The molecule has 0 fully saturated rings. The summed E-state index contributed by atoms with van der Waals surface area (Å²) in [6.45, 7) is 6.54. The lowest BCUT2D eigenvalue weighted by Crippen LogP contribution is -1.87. The molecule has 0 nitrogen and oxygen atoms in total. The zero-order valence-electron chi connectivity index (χ0n) is 10.2. The molecule has 0 saturated heterocycles. The molecule has 0 amide bonds. The predicted octanol–water partition coefficient (Wildman–Crippen LogP) is 4.88. The number of fused-ring (bicyclic) bond motifs is 1. The standard InChI is InChI=1S/C16H18/c1-4-5-8-14-12(2)11-13(3)15-9-6-7-10-16(14)15/h5-11H,4H2,1-3H3/b8-5-. The minimum Gasteiger partial charge on any atom is -0.0842 e. The van der Waals surface area contributed by atoms with E-state index in [1.807, 2.05) is 0 Å². The average Bonchev–Trinajstić information content (AvgIpc) is 2.29. The SMILES string of the molecule is CC/C=C\c1c(C)cc(C)c2ccccc12. The quantitative estimate of drug-likeness (QED) is 0.662. The summed E-state index contributed by atoms with van der Waals surface area (Å²) in [7, 11) is 0. The van der Waals surface area contributed by atoms with Crippen LogP contribution < -0.4 is 0 Å². The highest BCUT2D eigenvalue weighted by atomic mass is 14.1. The van der Waals surface area contributed by atoms with Crippen molar-refractivity contribution in [2.75, 3.05) is 0 Å². The summed E-state index contributed by atoms with van der Waals surface area (Å²) in [5.41, 5.74) is 4.09. The Kier molecular flexibility index (Phi) is 3.09. The Morgan fingerprint density at radius 3 is 2.38 bits per heavy atom. The van der Waals surface area contributed by atoms with Gasteiger partial charge in [0.1, 0.15) is 0 Å². The van der Waals surface area contributed by atoms with Gasteiger partial charge in [-0.3, -0.25) is 0 Å². The van der Waals surface area contributed by atoms with E-state index in [-0.39, 0.29) is 0 Å². The first-order valence-corrected chi connectivity index (χ1v) is 5.89. The van der Waals surface area contributed by atoms with Gasteiger partial charge in [0.15, 0.2) is 0 Å². The minimum atomic E-state index is 1.08. The molecule has 0 aliphatic heterocycles. The molecule has 0 saturated carbocycles. The number of allylic oxidation sites excluding steroid dienone is 1. The molecule has 0 bridgehead atoms. The molecule has 0 aliphatic rings. The zero-order valence-corrected chi connectivity index (χ0v) is 10.2. The highest BCUT2D eigenvalue weighted by Crippen LogP contribution is 2.26. The van der Waals surface area contributed by atoms with Crippen LogP contribution in [0.2, 0.25) is 0 Å². The first-order chi connectivity index (χ1) is 7.74. The van der Waals surface area contributed by atoms with Gasteiger partial charge in [-0.15, -0.1) is 0 Å². The molecular formula is C16H18. The summed E-state index contributed by atoms with van der Waals surface area (Å²) in [5.74, 6) is 0. The highest BCUT2D eigenvalue weighted by Gasteiger charge is 2.04. The summed E-state index contributed by atoms with van der Waals surface area (Å²) in [6, 6.07) is 10.9. The molecule has 0 heterocycles. The van der Waals surface area contributed by atoms with Gasteiger partial charge in [0, 0.05) is 0 Å². The first kappa shape index (κ1) is 10.9. The largest absolute Gasteiger partial charge is 0.0842 e. The van der Waals surface area contributed by atoms with E-state index >= 15 is 0 Å². The molecule has 0 N–H and O–H groups in total. The normalized spacial score (nSPS) is 11.4. The van der Waals surface area contributed by atoms with Gasteiger partial charge in [-0.1, -0.05) is 49.4 Å². The van der Waals surface area contributed by atoms with E-state index < -0.39 is 0 Å². The molecule has 82 valence electrons. The Morgan fingerprint density at radius 1 is 1.00 bits per heavy atom. The molecule has 0 unspecified atom stereocenters. The Bertz CT molecular complexity index is 533. The summed E-state index contributed by atoms with van der Waals surface area (Å²) in [6.07, 6.45) is 5.56. The maximum Gasteiger partial charge on any atom is -0.0106 e. The van der Waals surface area contributed by atoms with Gasteiger partial charge in [0.05, 0.1) is 0 Å². The molecular weight excluding hydrogens is 192 g/mol. The second kappa shape index (κ2) is 4.52. The molecule has 2 aromatic rings. The van der Waals surface area contributed by atoms with E-state index in [1.54, 1.807) is 0 Å². The van der Waals surface area contributed by atoms with Crippen molar-refractivity contribution in [3.8, 4) is 0 Å². The van der Waals surface area contributed by atoms with Crippen LogP contribution in [0.15, 0.2) is 36.4 Å². The van der Waals surface area contributed by atoms with Gasteiger partial charge >= 0.3 is 0 Å². The van der Waals surface area contributed by atoms with Crippen molar-refractivity contribution < 1.29 is 0 Å². The van der Waals surface area contributed by atoms with Crippen LogP contribution >= 0.6 is 0 Å². The van der Waals surface area contributed by atoms with E-state index in [4.69, 9.17) is 0 Å². The first-order valence-electron chi connectivity index (χ1n) is 5.89. The molecule has 0 aromatic heterocycles. The van der Waals surface area contributed by atoms with Crippen LogP contribution in [0.4, 0.5) is 0 Å². The Labute approximate surface area is 97.6 Å². The second-order valence-electron chi connectivity index (χ2n) is 4.28. The number of aryl methyl sites for hydroxylation is 2. The maximum absolute atomic E-state index is 2.28. The zero-order chi connectivity index (χ0) is 11.5. The van der Waals surface area contributed by atoms with Crippen molar-refractivity contribution in [3.05, 3.63) is 53.1 Å². The lowest BCUT2D eigenvalue weighted by Gasteiger charge is -2.09. The topological polar surface area (TPSA) is 0 Å². The Balaban J connectivity index is 2.76. The molecule has 0 aliphatic carbocycles. The van der Waals surface area contributed by atoms with Crippen molar-refractivity contribution in [1.29, 1.82) is 0 Å². The summed E-state index contributed by atoms with van der Waals surface area (Å²) < 4.78 is 0. The maximum atomic E-state index is 2.28. The van der Waals surface area contributed by atoms with E-state index in [9.17, 15) is 0 Å². The molecule has 0 radical (unpaired) electrons. The molecule has 2 aromatic carbocycles. The van der Waals surface area contributed by atoms with Gasteiger partial charge in [-0.25, -0.2) is 0 Å². The lowest BCUT2D eigenvalue weighted by atomic mass is 9.95. The van der Waals surface area contributed by atoms with Gasteiger partial charge in [-0.05, 0) is 47.7 Å². The fraction of sp³-hybridized carbons (Fsp3) is 0.250. The Morgan fingerprint density at radius 2 is 1.69 bits per heavy atom. The second-order valence-corrected chi connectivity index (χ2v) is 4.28. The van der Waals surface area contributed by atoms with E-state index in [2.05, 4.69) is 63.3 Å². The number of hydrogen-bond donors (Lipinski definition) is 0. The fourth-order valence-corrected chi connectivity index (χ4v) is 2.21. The average molecular weight is 210 g/mol. The summed E-state index contributed by atoms with van der Waals surface area (Å²) in [4.78, 5) is 0. The monoisotopic (exact) mass is 210 g/mol. The summed E-state index contributed by atoms with van der Waals surface area (Å²) in [5, 5.41) is 2.73. The number of rotatable bonds is 2. The third-order valence-electron chi connectivity index (χ3n) is 3.02. The predicted molar refractivity (Wildman–Crippen MR) is 72.7 cm³/mol. The third kappa shape index (κ3) is 1.88. The van der Waals surface area contributed by atoms with E-state index in [1.165, 1.54) is 27.5 Å². The summed E-state index contributed by atoms with van der Waals surface area (Å²) >= 11 is 0. The van der Waals surface area contributed by atoms with Crippen molar-refractivity contribution in [3.63, 3.8) is 0 Å². The third-order valence-corrected chi connectivity index (χ3v) is 3.02.